The van der Waals surface area contributed by atoms with Gasteiger partial charge >= 0.3 is 0 Å². The highest BCUT2D eigenvalue weighted by Gasteiger charge is 2.01. The molecule has 0 atom stereocenters. The van der Waals surface area contributed by atoms with Gasteiger partial charge in [0.1, 0.15) is 5.75 Å². The van der Waals surface area contributed by atoms with E-state index in [-0.39, 0.29) is 5.75 Å². The lowest BCUT2D eigenvalue weighted by atomic mass is 10.2. The van der Waals surface area contributed by atoms with E-state index >= 15 is 0 Å². The van der Waals surface area contributed by atoms with E-state index in [9.17, 15) is 5.11 Å². The zero-order valence-corrected chi connectivity index (χ0v) is 9.93. The number of aromatic nitrogens is 3. The standard InChI is InChI=1S/C11H13ClN4O/c12-10-1-2-11(17)9(7-10)8-13-3-5-16-6-4-14-15-16/h1-2,4,6-7,13,17H,3,5,8H2. The van der Waals surface area contributed by atoms with Gasteiger partial charge in [0.15, 0.2) is 0 Å². The molecule has 0 fully saturated rings. The molecule has 0 aliphatic heterocycles. The summed E-state index contributed by atoms with van der Waals surface area (Å²) in [7, 11) is 0. The molecule has 6 heteroatoms. The third kappa shape index (κ3) is 3.44. The summed E-state index contributed by atoms with van der Waals surface area (Å²) in [5.74, 6) is 0.252. The second-order valence-electron chi connectivity index (χ2n) is 3.62. The van der Waals surface area contributed by atoms with Gasteiger partial charge in [0.05, 0.1) is 12.7 Å². The van der Waals surface area contributed by atoms with Crippen LogP contribution in [0.2, 0.25) is 5.02 Å². The molecule has 2 rings (SSSR count). The van der Waals surface area contributed by atoms with E-state index in [4.69, 9.17) is 11.6 Å². The minimum atomic E-state index is 0.252. The fraction of sp³-hybridized carbons (Fsp3) is 0.273. The fourth-order valence-electron chi connectivity index (χ4n) is 1.46. The van der Waals surface area contributed by atoms with Crippen LogP contribution in [0.3, 0.4) is 0 Å². The van der Waals surface area contributed by atoms with Gasteiger partial charge in [-0.1, -0.05) is 16.8 Å². The van der Waals surface area contributed by atoms with Crippen LogP contribution in [0, 0.1) is 0 Å². The molecule has 0 amide bonds. The molecular formula is C11H13ClN4O. The Balaban J connectivity index is 1.80. The average Bonchev–Trinajstić information content (AvgIpc) is 2.82. The molecule has 0 bridgehead atoms. The summed E-state index contributed by atoms with van der Waals surface area (Å²) in [6, 6.07) is 5.01. The maximum absolute atomic E-state index is 9.59. The molecule has 0 radical (unpaired) electrons. The number of nitrogens with zero attached hydrogens (tertiary/aromatic N) is 3. The molecule has 1 heterocycles. The number of rotatable bonds is 5. The molecule has 0 saturated carbocycles. The van der Waals surface area contributed by atoms with Gasteiger partial charge in [-0.2, -0.15) is 0 Å². The number of nitrogens with one attached hydrogen (secondary N) is 1. The van der Waals surface area contributed by atoms with Gasteiger partial charge in [0.25, 0.3) is 0 Å². The number of hydrogen-bond acceptors (Lipinski definition) is 4. The molecule has 2 aromatic rings. The molecule has 1 aromatic carbocycles. The molecule has 0 spiro atoms. The van der Waals surface area contributed by atoms with E-state index < -0.39 is 0 Å². The third-order valence-electron chi connectivity index (χ3n) is 2.35. The van der Waals surface area contributed by atoms with Crippen LogP contribution in [0.25, 0.3) is 0 Å². The van der Waals surface area contributed by atoms with Crippen molar-refractivity contribution in [2.45, 2.75) is 13.1 Å². The van der Waals surface area contributed by atoms with Crippen molar-refractivity contribution in [1.29, 1.82) is 0 Å². The maximum atomic E-state index is 9.59. The first-order valence-corrected chi connectivity index (χ1v) is 5.66. The minimum Gasteiger partial charge on any atom is -0.508 e. The Hall–Kier alpha value is -1.59. The van der Waals surface area contributed by atoms with Crippen LogP contribution in [0.5, 0.6) is 5.75 Å². The van der Waals surface area contributed by atoms with Gasteiger partial charge in [0, 0.05) is 29.9 Å². The lowest BCUT2D eigenvalue weighted by molar-refractivity contribution is 0.462. The summed E-state index contributed by atoms with van der Waals surface area (Å²) in [4.78, 5) is 0. The average molecular weight is 253 g/mol. The number of phenols is 1. The van der Waals surface area contributed by atoms with Crippen LogP contribution in [-0.2, 0) is 13.1 Å². The summed E-state index contributed by atoms with van der Waals surface area (Å²) in [5.41, 5.74) is 0.788. The molecule has 0 aliphatic rings. The van der Waals surface area contributed by atoms with Crippen LogP contribution < -0.4 is 5.32 Å². The first kappa shape index (κ1) is 11.9. The van der Waals surface area contributed by atoms with Crippen LogP contribution in [-0.4, -0.2) is 26.6 Å². The predicted molar refractivity (Wildman–Crippen MR) is 64.8 cm³/mol. The summed E-state index contributed by atoms with van der Waals surface area (Å²) >= 11 is 5.85. The second kappa shape index (κ2) is 5.65. The Labute approximate surface area is 104 Å². The SMILES string of the molecule is Oc1ccc(Cl)cc1CNCCn1ccnn1. The monoisotopic (exact) mass is 252 g/mol. The van der Waals surface area contributed by atoms with Crippen molar-refractivity contribution in [3.05, 3.63) is 41.2 Å². The Bertz CT molecular complexity index is 472. The summed E-state index contributed by atoms with van der Waals surface area (Å²) in [5, 5.41) is 21.0. The minimum absolute atomic E-state index is 0.252. The lowest BCUT2D eigenvalue weighted by Gasteiger charge is -2.07. The lowest BCUT2D eigenvalue weighted by Crippen LogP contribution is -2.19. The number of phenolic OH excluding ortho intramolecular Hbond substituents is 1. The highest BCUT2D eigenvalue weighted by atomic mass is 35.5. The summed E-state index contributed by atoms with van der Waals surface area (Å²) in [6.45, 7) is 2.05. The quantitative estimate of drug-likeness (QED) is 0.791. The smallest absolute Gasteiger partial charge is 0.120 e. The normalized spacial score (nSPS) is 10.6. The Kier molecular flexibility index (Phi) is 3.95. The summed E-state index contributed by atoms with van der Waals surface area (Å²) in [6.07, 6.45) is 3.45. The highest BCUT2D eigenvalue weighted by Crippen LogP contribution is 2.20. The van der Waals surface area contributed by atoms with E-state index in [1.54, 1.807) is 35.3 Å². The Morgan fingerprint density at radius 3 is 3.06 bits per heavy atom. The third-order valence-corrected chi connectivity index (χ3v) is 2.58. The molecule has 0 unspecified atom stereocenters. The van der Waals surface area contributed by atoms with Gasteiger partial charge in [0.2, 0.25) is 0 Å². The zero-order chi connectivity index (χ0) is 12.1. The first-order chi connectivity index (χ1) is 8.25. The van der Waals surface area contributed by atoms with Gasteiger partial charge < -0.3 is 10.4 Å². The molecule has 5 nitrogen and oxygen atoms in total. The van der Waals surface area contributed by atoms with Crippen LogP contribution >= 0.6 is 11.6 Å². The molecule has 0 saturated heterocycles. The van der Waals surface area contributed by atoms with Crippen molar-refractivity contribution < 1.29 is 5.11 Å². The second-order valence-corrected chi connectivity index (χ2v) is 4.05. The molecule has 2 N–H and O–H groups in total. The molecular weight excluding hydrogens is 240 g/mol. The van der Waals surface area contributed by atoms with Gasteiger partial charge in [-0.05, 0) is 18.2 Å². The number of benzene rings is 1. The van der Waals surface area contributed by atoms with E-state index in [1.807, 2.05) is 0 Å². The highest BCUT2D eigenvalue weighted by molar-refractivity contribution is 6.30. The number of aromatic hydroxyl groups is 1. The van der Waals surface area contributed by atoms with E-state index in [0.29, 0.717) is 11.6 Å². The number of halogens is 1. The molecule has 1 aromatic heterocycles. The van der Waals surface area contributed by atoms with Crippen molar-refractivity contribution in [2.24, 2.45) is 0 Å². The molecule has 90 valence electrons. The maximum Gasteiger partial charge on any atom is 0.120 e. The predicted octanol–water partition coefficient (Wildman–Crippen LogP) is 1.43. The van der Waals surface area contributed by atoms with Crippen molar-refractivity contribution in [2.75, 3.05) is 6.54 Å². The summed E-state index contributed by atoms with van der Waals surface area (Å²) < 4.78 is 1.74. The Morgan fingerprint density at radius 1 is 1.41 bits per heavy atom. The van der Waals surface area contributed by atoms with Crippen LogP contribution in [0.4, 0.5) is 0 Å². The van der Waals surface area contributed by atoms with Crippen molar-refractivity contribution >= 4 is 11.6 Å². The van der Waals surface area contributed by atoms with E-state index in [1.165, 1.54) is 0 Å². The van der Waals surface area contributed by atoms with Crippen LogP contribution in [0.1, 0.15) is 5.56 Å². The zero-order valence-electron chi connectivity index (χ0n) is 9.17. The van der Waals surface area contributed by atoms with Gasteiger partial charge in [-0.25, -0.2) is 0 Å². The largest absolute Gasteiger partial charge is 0.508 e. The Morgan fingerprint density at radius 2 is 2.29 bits per heavy atom. The molecule has 17 heavy (non-hydrogen) atoms. The fourth-order valence-corrected chi connectivity index (χ4v) is 1.66. The number of hydrogen-bond donors (Lipinski definition) is 2. The van der Waals surface area contributed by atoms with Gasteiger partial charge in [-0.3, -0.25) is 4.68 Å². The first-order valence-electron chi connectivity index (χ1n) is 5.28. The van der Waals surface area contributed by atoms with Crippen molar-refractivity contribution in [1.82, 2.24) is 20.3 Å². The van der Waals surface area contributed by atoms with Crippen molar-refractivity contribution in [3.8, 4) is 5.75 Å². The van der Waals surface area contributed by atoms with E-state index in [2.05, 4.69) is 15.6 Å². The molecule has 0 aliphatic carbocycles. The topological polar surface area (TPSA) is 63.0 Å². The van der Waals surface area contributed by atoms with Crippen LogP contribution in [0.15, 0.2) is 30.6 Å². The van der Waals surface area contributed by atoms with Gasteiger partial charge in [-0.15, -0.1) is 5.10 Å². The van der Waals surface area contributed by atoms with E-state index in [0.717, 1.165) is 18.7 Å². The van der Waals surface area contributed by atoms with Crippen molar-refractivity contribution in [3.63, 3.8) is 0 Å².